The molecule has 0 aromatic carbocycles. The Morgan fingerprint density at radius 3 is 2.67 bits per heavy atom. The summed E-state index contributed by atoms with van der Waals surface area (Å²) in [5.41, 5.74) is 0.955. The van der Waals surface area contributed by atoms with E-state index in [4.69, 9.17) is 4.74 Å². The van der Waals surface area contributed by atoms with Crippen LogP contribution in [0.5, 0.6) is 0 Å². The zero-order valence-corrected chi connectivity index (χ0v) is 7.08. The molecule has 0 unspecified atom stereocenters. The highest BCUT2D eigenvalue weighted by atomic mass is 16.5. The molecule has 0 bridgehead atoms. The molecule has 0 saturated carbocycles. The molecule has 0 aliphatic carbocycles. The zero-order valence-electron chi connectivity index (χ0n) is 7.08. The Balaban J connectivity index is 2.13. The summed E-state index contributed by atoms with van der Waals surface area (Å²) >= 11 is 0. The molecule has 0 spiro atoms. The molecule has 66 valence electrons. The molecule has 1 aromatic heterocycles. The molecular weight excluding hydrogens is 156 g/mol. The Hall–Kier alpha value is -1.10. The number of aromatic amines is 1. The fourth-order valence-corrected chi connectivity index (χ4v) is 1.35. The number of hydrogen-bond donors (Lipinski definition) is 1. The van der Waals surface area contributed by atoms with Gasteiger partial charge in [0.05, 0.1) is 13.2 Å². The first-order valence-corrected chi connectivity index (χ1v) is 4.08. The van der Waals surface area contributed by atoms with Crippen molar-refractivity contribution >= 4 is 5.82 Å². The van der Waals surface area contributed by atoms with Crippen LogP contribution in [-0.4, -0.2) is 41.7 Å². The Morgan fingerprint density at radius 2 is 2.08 bits per heavy atom. The van der Waals surface area contributed by atoms with E-state index >= 15 is 0 Å². The summed E-state index contributed by atoms with van der Waals surface area (Å²) in [5, 5.41) is 10.7. The van der Waals surface area contributed by atoms with E-state index < -0.39 is 0 Å². The number of nitrogens with one attached hydrogen (secondary N) is 1. The van der Waals surface area contributed by atoms with Gasteiger partial charge in [0.2, 0.25) is 0 Å². The quantitative estimate of drug-likeness (QED) is 0.638. The van der Waals surface area contributed by atoms with Crippen molar-refractivity contribution < 1.29 is 4.74 Å². The predicted octanol–water partition coefficient (Wildman–Crippen LogP) is -0.0503. The number of aromatic nitrogens is 3. The van der Waals surface area contributed by atoms with Crippen molar-refractivity contribution in [2.24, 2.45) is 0 Å². The fraction of sp³-hybridized carbons (Fsp3) is 0.714. The van der Waals surface area contributed by atoms with Gasteiger partial charge >= 0.3 is 0 Å². The molecule has 5 heteroatoms. The van der Waals surface area contributed by atoms with E-state index in [9.17, 15) is 0 Å². The van der Waals surface area contributed by atoms with Crippen LogP contribution in [0, 0.1) is 6.92 Å². The van der Waals surface area contributed by atoms with Gasteiger partial charge in [-0.1, -0.05) is 0 Å². The summed E-state index contributed by atoms with van der Waals surface area (Å²) < 4.78 is 5.24. The molecule has 2 rings (SSSR count). The maximum atomic E-state index is 5.24. The molecule has 5 nitrogen and oxygen atoms in total. The summed E-state index contributed by atoms with van der Waals surface area (Å²) in [5.74, 6) is 0.957. The van der Waals surface area contributed by atoms with E-state index in [0.29, 0.717) is 0 Å². The van der Waals surface area contributed by atoms with E-state index in [2.05, 4.69) is 20.3 Å². The van der Waals surface area contributed by atoms with Crippen LogP contribution in [0.15, 0.2) is 0 Å². The van der Waals surface area contributed by atoms with Gasteiger partial charge in [0, 0.05) is 13.1 Å². The van der Waals surface area contributed by atoms with Crippen LogP contribution in [0.2, 0.25) is 0 Å². The SMILES string of the molecule is Cc1n[nH]nc1N1CCOCC1. The third-order valence-electron chi connectivity index (χ3n) is 2.01. The molecular formula is C7H12N4O. The third-order valence-corrected chi connectivity index (χ3v) is 2.01. The van der Waals surface area contributed by atoms with Gasteiger partial charge in [-0.15, -0.1) is 5.10 Å². The molecule has 1 aliphatic heterocycles. The Kier molecular flexibility index (Phi) is 1.95. The molecule has 0 amide bonds. The maximum absolute atomic E-state index is 5.24. The predicted molar refractivity (Wildman–Crippen MR) is 44.2 cm³/mol. The molecule has 12 heavy (non-hydrogen) atoms. The topological polar surface area (TPSA) is 54.0 Å². The minimum Gasteiger partial charge on any atom is -0.378 e. The van der Waals surface area contributed by atoms with Crippen molar-refractivity contribution in [3.05, 3.63) is 5.69 Å². The number of H-pyrrole nitrogens is 1. The standard InChI is InChI=1S/C7H12N4O/c1-6-7(9-10-8-6)11-2-4-12-5-3-11/h2-5H2,1H3,(H,8,9,10). The first-order valence-electron chi connectivity index (χ1n) is 4.08. The van der Waals surface area contributed by atoms with Crippen molar-refractivity contribution in [1.29, 1.82) is 0 Å². The lowest BCUT2D eigenvalue weighted by atomic mass is 10.4. The van der Waals surface area contributed by atoms with Crippen LogP contribution < -0.4 is 4.90 Å². The number of morpholine rings is 1. The van der Waals surface area contributed by atoms with Gasteiger partial charge in [-0.25, -0.2) is 0 Å². The van der Waals surface area contributed by atoms with Crippen LogP contribution in [0.3, 0.4) is 0 Å². The summed E-state index contributed by atoms with van der Waals surface area (Å²) in [7, 11) is 0. The monoisotopic (exact) mass is 168 g/mol. The van der Waals surface area contributed by atoms with E-state index in [1.165, 1.54) is 0 Å². The second-order valence-electron chi connectivity index (χ2n) is 2.83. The normalized spacial score (nSPS) is 18.2. The smallest absolute Gasteiger partial charge is 0.174 e. The van der Waals surface area contributed by atoms with E-state index in [1.54, 1.807) is 0 Å². The molecule has 0 atom stereocenters. The zero-order chi connectivity index (χ0) is 8.39. The highest BCUT2D eigenvalue weighted by Crippen LogP contribution is 2.14. The fourth-order valence-electron chi connectivity index (χ4n) is 1.35. The summed E-state index contributed by atoms with van der Waals surface area (Å²) in [4.78, 5) is 2.18. The lowest BCUT2D eigenvalue weighted by molar-refractivity contribution is 0.122. The van der Waals surface area contributed by atoms with E-state index in [1.807, 2.05) is 6.92 Å². The molecule has 1 fully saturated rings. The van der Waals surface area contributed by atoms with Crippen molar-refractivity contribution in [2.75, 3.05) is 31.2 Å². The van der Waals surface area contributed by atoms with Gasteiger partial charge in [-0.3, -0.25) is 0 Å². The maximum Gasteiger partial charge on any atom is 0.174 e. The molecule has 1 saturated heterocycles. The van der Waals surface area contributed by atoms with Crippen LogP contribution in [-0.2, 0) is 4.74 Å². The van der Waals surface area contributed by atoms with Gasteiger partial charge in [0.25, 0.3) is 0 Å². The van der Waals surface area contributed by atoms with Crippen molar-refractivity contribution in [1.82, 2.24) is 15.4 Å². The van der Waals surface area contributed by atoms with Gasteiger partial charge < -0.3 is 9.64 Å². The Labute approximate surface area is 70.7 Å². The van der Waals surface area contributed by atoms with Crippen molar-refractivity contribution in [3.63, 3.8) is 0 Å². The number of hydrogen-bond acceptors (Lipinski definition) is 4. The van der Waals surface area contributed by atoms with Gasteiger partial charge in [-0.05, 0) is 6.92 Å². The number of aryl methyl sites for hydroxylation is 1. The van der Waals surface area contributed by atoms with E-state index in [-0.39, 0.29) is 0 Å². The molecule has 0 radical (unpaired) electrons. The average molecular weight is 168 g/mol. The Morgan fingerprint density at radius 1 is 1.33 bits per heavy atom. The molecule has 1 aromatic rings. The second kappa shape index (κ2) is 3.10. The highest BCUT2D eigenvalue weighted by Gasteiger charge is 2.15. The number of ether oxygens (including phenoxy) is 1. The minimum absolute atomic E-state index is 0.784. The van der Waals surface area contributed by atoms with Crippen LogP contribution >= 0.6 is 0 Å². The Bertz CT molecular complexity index is 254. The lowest BCUT2D eigenvalue weighted by Crippen LogP contribution is -2.36. The first-order chi connectivity index (χ1) is 5.88. The summed E-state index contributed by atoms with van der Waals surface area (Å²) in [6.45, 7) is 5.34. The lowest BCUT2D eigenvalue weighted by Gasteiger charge is -2.26. The summed E-state index contributed by atoms with van der Waals surface area (Å²) in [6, 6.07) is 0. The number of rotatable bonds is 1. The molecule has 2 heterocycles. The van der Waals surface area contributed by atoms with Crippen LogP contribution in [0.25, 0.3) is 0 Å². The van der Waals surface area contributed by atoms with Crippen LogP contribution in [0.1, 0.15) is 5.69 Å². The number of nitrogens with zero attached hydrogens (tertiary/aromatic N) is 3. The van der Waals surface area contributed by atoms with Gasteiger partial charge in [-0.2, -0.15) is 10.3 Å². The number of anilines is 1. The van der Waals surface area contributed by atoms with E-state index in [0.717, 1.165) is 37.8 Å². The summed E-state index contributed by atoms with van der Waals surface area (Å²) in [6.07, 6.45) is 0. The third kappa shape index (κ3) is 1.27. The second-order valence-corrected chi connectivity index (χ2v) is 2.83. The minimum atomic E-state index is 0.784. The van der Waals surface area contributed by atoms with Crippen molar-refractivity contribution in [3.8, 4) is 0 Å². The average Bonchev–Trinajstić information content (AvgIpc) is 2.53. The molecule has 1 N–H and O–H groups in total. The highest BCUT2D eigenvalue weighted by molar-refractivity contribution is 5.41. The van der Waals surface area contributed by atoms with Gasteiger partial charge in [0.15, 0.2) is 5.82 Å². The molecule has 1 aliphatic rings. The van der Waals surface area contributed by atoms with Crippen LogP contribution in [0.4, 0.5) is 5.82 Å². The van der Waals surface area contributed by atoms with Crippen molar-refractivity contribution in [2.45, 2.75) is 6.92 Å². The largest absolute Gasteiger partial charge is 0.378 e. The first kappa shape index (κ1) is 7.54. The van der Waals surface area contributed by atoms with Gasteiger partial charge in [0.1, 0.15) is 5.69 Å².